The summed E-state index contributed by atoms with van der Waals surface area (Å²) in [6.07, 6.45) is 0. The Morgan fingerprint density at radius 3 is 2.12 bits per heavy atom. The fourth-order valence-electron chi connectivity index (χ4n) is 1.44. The molecule has 3 nitrogen and oxygen atoms in total. The molecule has 0 fully saturated rings. The number of nitrogens with zero attached hydrogens (tertiary/aromatic N) is 2. The van der Waals surface area contributed by atoms with Crippen molar-refractivity contribution in [2.45, 2.75) is 6.92 Å². The molecule has 2 aromatic rings. The molecule has 0 bridgehead atoms. The standard InChI is InChI=1S/C11H8F3N3/c1-5-2-9(17-11(15)16-5)6-3-7(12)10(14)8(13)4-6/h2-4H,1H3,(H2,15,16,17). The van der Waals surface area contributed by atoms with Gasteiger partial charge in [0.1, 0.15) is 0 Å². The number of nitrogens with two attached hydrogens (primary N) is 1. The molecule has 2 N–H and O–H groups in total. The first-order valence-electron chi connectivity index (χ1n) is 4.73. The molecule has 0 radical (unpaired) electrons. The first kappa shape index (κ1) is 11.4. The second-order valence-corrected chi connectivity index (χ2v) is 3.51. The zero-order valence-corrected chi connectivity index (χ0v) is 8.84. The van der Waals surface area contributed by atoms with Gasteiger partial charge in [-0.3, -0.25) is 0 Å². The van der Waals surface area contributed by atoms with E-state index in [0.717, 1.165) is 12.1 Å². The summed E-state index contributed by atoms with van der Waals surface area (Å²) >= 11 is 0. The summed E-state index contributed by atoms with van der Waals surface area (Å²) in [4.78, 5) is 7.65. The number of hydrogen-bond acceptors (Lipinski definition) is 3. The molecule has 0 saturated carbocycles. The van der Waals surface area contributed by atoms with Gasteiger partial charge in [0.05, 0.1) is 5.69 Å². The molecule has 0 atom stereocenters. The Bertz CT molecular complexity index is 541. The van der Waals surface area contributed by atoms with Crippen molar-refractivity contribution in [3.05, 3.63) is 41.3 Å². The normalized spacial score (nSPS) is 10.6. The monoisotopic (exact) mass is 239 g/mol. The van der Waals surface area contributed by atoms with E-state index in [9.17, 15) is 13.2 Å². The van der Waals surface area contributed by atoms with Crippen LogP contribution >= 0.6 is 0 Å². The third kappa shape index (κ3) is 2.20. The van der Waals surface area contributed by atoms with E-state index in [0.29, 0.717) is 5.69 Å². The minimum atomic E-state index is -1.51. The summed E-state index contributed by atoms with van der Waals surface area (Å²) in [5, 5.41) is 0. The van der Waals surface area contributed by atoms with Crippen LogP contribution in [0.4, 0.5) is 19.1 Å². The van der Waals surface area contributed by atoms with Gasteiger partial charge in [-0.2, -0.15) is 0 Å². The third-order valence-electron chi connectivity index (χ3n) is 2.15. The molecule has 0 saturated heterocycles. The van der Waals surface area contributed by atoms with E-state index in [2.05, 4.69) is 9.97 Å². The predicted molar refractivity (Wildman–Crippen MR) is 56.5 cm³/mol. The number of aromatic nitrogens is 2. The van der Waals surface area contributed by atoms with Crippen molar-refractivity contribution in [1.29, 1.82) is 0 Å². The lowest BCUT2D eigenvalue weighted by Crippen LogP contribution is -1.99. The Hall–Kier alpha value is -2.11. The van der Waals surface area contributed by atoms with Crippen molar-refractivity contribution < 1.29 is 13.2 Å². The average Bonchev–Trinajstić information content (AvgIpc) is 2.23. The second kappa shape index (κ2) is 4.04. The second-order valence-electron chi connectivity index (χ2n) is 3.51. The van der Waals surface area contributed by atoms with Crippen molar-refractivity contribution in [2.75, 3.05) is 5.73 Å². The maximum absolute atomic E-state index is 13.0. The topological polar surface area (TPSA) is 51.8 Å². The highest BCUT2D eigenvalue weighted by Crippen LogP contribution is 2.23. The van der Waals surface area contributed by atoms with Gasteiger partial charge in [0.2, 0.25) is 5.95 Å². The maximum atomic E-state index is 13.0. The molecule has 0 aliphatic rings. The molecule has 0 aliphatic carbocycles. The Morgan fingerprint density at radius 1 is 1.00 bits per heavy atom. The summed E-state index contributed by atoms with van der Waals surface area (Å²) in [6.45, 7) is 1.66. The van der Waals surface area contributed by atoms with Crippen molar-refractivity contribution in [1.82, 2.24) is 9.97 Å². The molecule has 88 valence electrons. The average molecular weight is 239 g/mol. The zero-order valence-electron chi connectivity index (χ0n) is 8.84. The highest BCUT2D eigenvalue weighted by atomic mass is 19.2. The number of rotatable bonds is 1. The first-order chi connectivity index (χ1) is 7.97. The fourth-order valence-corrected chi connectivity index (χ4v) is 1.44. The van der Waals surface area contributed by atoms with E-state index in [1.165, 1.54) is 6.07 Å². The summed E-state index contributed by atoms with van der Waals surface area (Å²) in [5.74, 6) is -4.05. The van der Waals surface area contributed by atoms with Crippen LogP contribution in [0.1, 0.15) is 5.69 Å². The summed E-state index contributed by atoms with van der Waals surface area (Å²) < 4.78 is 38.9. The maximum Gasteiger partial charge on any atom is 0.220 e. The van der Waals surface area contributed by atoms with Crippen LogP contribution in [0.2, 0.25) is 0 Å². The van der Waals surface area contributed by atoms with Crippen molar-refractivity contribution in [3.63, 3.8) is 0 Å². The Kier molecular flexibility index (Phi) is 2.71. The number of anilines is 1. The van der Waals surface area contributed by atoms with E-state index < -0.39 is 17.5 Å². The Morgan fingerprint density at radius 2 is 1.59 bits per heavy atom. The van der Waals surface area contributed by atoms with Gasteiger partial charge in [0.25, 0.3) is 0 Å². The van der Waals surface area contributed by atoms with E-state index in [4.69, 9.17) is 5.73 Å². The zero-order chi connectivity index (χ0) is 12.6. The van der Waals surface area contributed by atoms with E-state index in [-0.39, 0.29) is 17.2 Å². The van der Waals surface area contributed by atoms with Crippen LogP contribution in [-0.4, -0.2) is 9.97 Å². The Labute approximate surface area is 95.1 Å². The molecule has 6 heteroatoms. The van der Waals surface area contributed by atoms with Gasteiger partial charge < -0.3 is 5.73 Å². The van der Waals surface area contributed by atoms with Crippen LogP contribution in [0.15, 0.2) is 18.2 Å². The van der Waals surface area contributed by atoms with Gasteiger partial charge in [-0.25, -0.2) is 23.1 Å². The smallest absolute Gasteiger partial charge is 0.220 e. The fraction of sp³-hybridized carbons (Fsp3) is 0.0909. The number of nitrogen functional groups attached to an aromatic ring is 1. The van der Waals surface area contributed by atoms with Crippen LogP contribution in [-0.2, 0) is 0 Å². The molecule has 0 spiro atoms. The van der Waals surface area contributed by atoms with E-state index >= 15 is 0 Å². The quantitative estimate of drug-likeness (QED) is 0.777. The van der Waals surface area contributed by atoms with Crippen molar-refractivity contribution in [3.8, 4) is 11.3 Å². The minimum Gasteiger partial charge on any atom is -0.368 e. The predicted octanol–water partition coefficient (Wildman–Crippen LogP) is 2.45. The third-order valence-corrected chi connectivity index (χ3v) is 2.15. The largest absolute Gasteiger partial charge is 0.368 e. The lowest BCUT2D eigenvalue weighted by Gasteiger charge is -2.04. The molecule has 1 aromatic carbocycles. The van der Waals surface area contributed by atoms with E-state index in [1.807, 2.05) is 0 Å². The van der Waals surface area contributed by atoms with Gasteiger partial charge in [-0.1, -0.05) is 0 Å². The lowest BCUT2D eigenvalue weighted by molar-refractivity contribution is 0.447. The van der Waals surface area contributed by atoms with Crippen LogP contribution in [0.3, 0.4) is 0 Å². The molecule has 0 unspecified atom stereocenters. The van der Waals surface area contributed by atoms with Crippen molar-refractivity contribution in [2.24, 2.45) is 0 Å². The number of halogens is 3. The van der Waals surface area contributed by atoms with Crippen LogP contribution in [0.5, 0.6) is 0 Å². The van der Waals surface area contributed by atoms with Crippen molar-refractivity contribution >= 4 is 5.95 Å². The molecule has 0 aliphatic heterocycles. The minimum absolute atomic E-state index is 0.00913. The van der Waals surface area contributed by atoms with E-state index in [1.54, 1.807) is 6.92 Å². The highest BCUT2D eigenvalue weighted by Gasteiger charge is 2.12. The molecule has 1 aromatic heterocycles. The lowest BCUT2D eigenvalue weighted by atomic mass is 10.1. The molecular weight excluding hydrogens is 231 g/mol. The molecule has 0 amide bonds. The SMILES string of the molecule is Cc1cc(-c2cc(F)c(F)c(F)c2)nc(N)n1. The van der Waals surface area contributed by atoms with Gasteiger partial charge >= 0.3 is 0 Å². The van der Waals surface area contributed by atoms with Gasteiger partial charge in [-0.05, 0) is 25.1 Å². The van der Waals surface area contributed by atoms with Crippen LogP contribution < -0.4 is 5.73 Å². The van der Waals surface area contributed by atoms with Crippen LogP contribution in [0, 0.1) is 24.4 Å². The van der Waals surface area contributed by atoms with Crippen LogP contribution in [0.25, 0.3) is 11.3 Å². The summed E-state index contributed by atoms with van der Waals surface area (Å²) in [5.41, 5.74) is 6.33. The molecule has 17 heavy (non-hydrogen) atoms. The molecule has 1 heterocycles. The first-order valence-corrected chi connectivity index (χ1v) is 4.73. The molecular formula is C11H8F3N3. The Balaban J connectivity index is 2.60. The number of aryl methyl sites for hydroxylation is 1. The number of benzene rings is 1. The summed E-state index contributed by atoms with van der Waals surface area (Å²) in [7, 11) is 0. The molecule has 2 rings (SSSR count). The van der Waals surface area contributed by atoms with Gasteiger partial charge in [0.15, 0.2) is 17.5 Å². The summed E-state index contributed by atoms with van der Waals surface area (Å²) in [6, 6.07) is 3.22. The van der Waals surface area contributed by atoms with Gasteiger partial charge in [0, 0.05) is 11.3 Å². The van der Waals surface area contributed by atoms with Gasteiger partial charge in [-0.15, -0.1) is 0 Å². The number of hydrogen-bond donors (Lipinski definition) is 1. The highest BCUT2D eigenvalue weighted by molar-refractivity contribution is 5.60.